The SMILES string of the molecule is CNCCc1ccoc1. The van der Waals surface area contributed by atoms with Crippen LogP contribution >= 0.6 is 0 Å². The minimum atomic E-state index is 1.01. The summed E-state index contributed by atoms with van der Waals surface area (Å²) in [5.41, 5.74) is 1.25. The lowest BCUT2D eigenvalue weighted by atomic mass is 10.2. The van der Waals surface area contributed by atoms with Crippen molar-refractivity contribution in [2.24, 2.45) is 0 Å². The molecule has 0 aromatic carbocycles. The Morgan fingerprint density at radius 3 is 3.11 bits per heavy atom. The Hall–Kier alpha value is -0.760. The van der Waals surface area contributed by atoms with E-state index in [9.17, 15) is 0 Å². The highest BCUT2D eigenvalue weighted by atomic mass is 16.3. The molecule has 2 nitrogen and oxygen atoms in total. The first-order valence-corrected chi connectivity index (χ1v) is 3.09. The molecular weight excluding hydrogens is 114 g/mol. The van der Waals surface area contributed by atoms with Gasteiger partial charge in [-0.15, -0.1) is 0 Å². The van der Waals surface area contributed by atoms with E-state index >= 15 is 0 Å². The number of hydrogen-bond acceptors (Lipinski definition) is 2. The third kappa shape index (κ3) is 1.90. The zero-order chi connectivity index (χ0) is 6.53. The third-order valence-corrected chi connectivity index (χ3v) is 1.24. The van der Waals surface area contributed by atoms with Crippen molar-refractivity contribution in [3.63, 3.8) is 0 Å². The fourth-order valence-electron chi connectivity index (χ4n) is 0.704. The van der Waals surface area contributed by atoms with Crippen LogP contribution in [0.3, 0.4) is 0 Å². The summed E-state index contributed by atoms with van der Waals surface area (Å²) in [4.78, 5) is 0. The van der Waals surface area contributed by atoms with E-state index in [1.165, 1.54) is 5.56 Å². The smallest absolute Gasteiger partial charge is 0.0934 e. The van der Waals surface area contributed by atoms with Gasteiger partial charge in [0.05, 0.1) is 12.5 Å². The van der Waals surface area contributed by atoms with Crippen molar-refractivity contribution in [1.82, 2.24) is 5.32 Å². The fourth-order valence-corrected chi connectivity index (χ4v) is 0.704. The minimum absolute atomic E-state index is 1.01. The van der Waals surface area contributed by atoms with E-state index in [4.69, 9.17) is 4.42 Å². The standard InChI is InChI=1S/C7H11NO/c1-8-4-2-7-3-5-9-6-7/h3,5-6,8H,2,4H2,1H3. The van der Waals surface area contributed by atoms with E-state index in [2.05, 4.69) is 5.32 Å². The van der Waals surface area contributed by atoms with Gasteiger partial charge in [0.15, 0.2) is 0 Å². The lowest BCUT2D eigenvalue weighted by molar-refractivity contribution is 0.563. The van der Waals surface area contributed by atoms with Gasteiger partial charge in [-0.2, -0.15) is 0 Å². The minimum Gasteiger partial charge on any atom is -0.472 e. The van der Waals surface area contributed by atoms with Gasteiger partial charge in [0.25, 0.3) is 0 Å². The molecule has 0 saturated heterocycles. The Labute approximate surface area is 54.9 Å². The quantitative estimate of drug-likeness (QED) is 0.653. The van der Waals surface area contributed by atoms with Gasteiger partial charge >= 0.3 is 0 Å². The molecular formula is C7H11NO. The first-order chi connectivity index (χ1) is 4.43. The van der Waals surface area contributed by atoms with Gasteiger partial charge in [0, 0.05) is 0 Å². The van der Waals surface area contributed by atoms with Crippen molar-refractivity contribution in [3.05, 3.63) is 24.2 Å². The number of nitrogens with one attached hydrogen (secondary N) is 1. The van der Waals surface area contributed by atoms with E-state index in [0.717, 1.165) is 13.0 Å². The van der Waals surface area contributed by atoms with Crippen LogP contribution < -0.4 is 5.32 Å². The van der Waals surface area contributed by atoms with Gasteiger partial charge in [-0.3, -0.25) is 0 Å². The van der Waals surface area contributed by atoms with Crippen LogP contribution in [0.15, 0.2) is 23.0 Å². The summed E-state index contributed by atoms with van der Waals surface area (Å²) < 4.78 is 4.88. The van der Waals surface area contributed by atoms with Crippen LogP contribution in [-0.4, -0.2) is 13.6 Å². The Kier molecular flexibility index (Phi) is 2.33. The molecule has 0 unspecified atom stereocenters. The highest BCUT2D eigenvalue weighted by molar-refractivity contribution is 5.05. The predicted molar refractivity (Wildman–Crippen MR) is 36.3 cm³/mol. The monoisotopic (exact) mass is 125 g/mol. The molecule has 0 amide bonds. The van der Waals surface area contributed by atoms with E-state index in [0.29, 0.717) is 0 Å². The molecule has 0 fully saturated rings. The van der Waals surface area contributed by atoms with Crippen LogP contribution in [0.4, 0.5) is 0 Å². The van der Waals surface area contributed by atoms with Crippen molar-refractivity contribution in [3.8, 4) is 0 Å². The van der Waals surface area contributed by atoms with Gasteiger partial charge < -0.3 is 9.73 Å². The number of likely N-dealkylation sites (N-methyl/N-ethyl adjacent to an activating group) is 1. The number of hydrogen-bond donors (Lipinski definition) is 1. The predicted octanol–water partition coefficient (Wildman–Crippen LogP) is 1.04. The van der Waals surface area contributed by atoms with Crippen LogP contribution in [0.25, 0.3) is 0 Å². The maximum atomic E-state index is 4.88. The Morgan fingerprint density at radius 2 is 2.56 bits per heavy atom. The third-order valence-electron chi connectivity index (χ3n) is 1.24. The molecule has 0 aliphatic carbocycles. The van der Waals surface area contributed by atoms with E-state index in [-0.39, 0.29) is 0 Å². The molecule has 0 aliphatic rings. The fraction of sp³-hybridized carbons (Fsp3) is 0.429. The normalized spacial score (nSPS) is 9.89. The molecule has 0 spiro atoms. The second-order valence-corrected chi connectivity index (χ2v) is 1.99. The Morgan fingerprint density at radius 1 is 1.67 bits per heavy atom. The maximum Gasteiger partial charge on any atom is 0.0934 e. The highest BCUT2D eigenvalue weighted by Gasteiger charge is 1.89. The molecule has 1 heterocycles. The lowest BCUT2D eigenvalue weighted by Gasteiger charge is -1.92. The van der Waals surface area contributed by atoms with E-state index < -0.39 is 0 Å². The van der Waals surface area contributed by atoms with Crippen LogP contribution in [0.2, 0.25) is 0 Å². The van der Waals surface area contributed by atoms with Crippen LogP contribution in [0.5, 0.6) is 0 Å². The molecule has 50 valence electrons. The van der Waals surface area contributed by atoms with Crippen LogP contribution in [-0.2, 0) is 6.42 Å². The van der Waals surface area contributed by atoms with Crippen molar-refractivity contribution < 1.29 is 4.42 Å². The second-order valence-electron chi connectivity index (χ2n) is 1.99. The maximum absolute atomic E-state index is 4.88. The molecule has 2 heteroatoms. The summed E-state index contributed by atoms with van der Waals surface area (Å²) in [6, 6.07) is 1.98. The molecule has 1 aromatic heterocycles. The highest BCUT2D eigenvalue weighted by Crippen LogP contribution is 1.98. The molecule has 0 saturated carbocycles. The Balaban J connectivity index is 2.30. The Bertz CT molecular complexity index is 146. The van der Waals surface area contributed by atoms with Gasteiger partial charge in [-0.25, -0.2) is 0 Å². The van der Waals surface area contributed by atoms with Gasteiger partial charge in [-0.1, -0.05) is 0 Å². The molecule has 9 heavy (non-hydrogen) atoms. The topological polar surface area (TPSA) is 25.2 Å². The van der Waals surface area contributed by atoms with Crippen molar-refractivity contribution in [1.29, 1.82) is 0 Å². The molecule has 1 N–H and O–H groups in total. The average Bonchev–Trinajstić information content (AvgIpc) is 2.34. The first kappa shape index (κ1) is 6.36. The molecule has 0 radical (unpaired) electrons. The lowest BCUT2D eigenvalue weighted by Crippen LogP contribution is -2.09. The average molecular weight is 125 g/mol. The van der Waals surface area contributed by atoms with Crippen LogP contribution in [0, 0.1) is 0 Å². The summed E-state index contributed by atoms with van der Waals surface area (Å²) in [6.07, 6.45) is 4.52. The van der Waals surface area contributed by atoms with E-state index in [1.54, 1.807) is 12.5 Å². The molecule has 1 rings (SSSR count). The summed E-state index contributed by atoms with van der Waals surface area (Å²) in [5, 5.41) is 3.06. The summed E-state index contributed by atoms with van der Waals surface area (Å²) in [5.74, 6) is 0. The molecule has 0 aliphatic heterocycles. The van der Waals surface area contributed by atoms with Crippen molar-refractivity contribution in [2.45, 2.75) is 6.42 Å². The zero-order valence-electron chi connectivity index (χ0n) is 5.55. The summed E-state index contributed by atoms with van der Waals surface area (Å²) in [7, 11) is 1.94. The molecule has 1 aromatic rings. The van der Waals surface area contributed by atoms with Crippen molar-refractivity contribution in [2.75, 3.05) is 13.6 Å². The molecule has 0 bridgehead atoms. The summed E-state index contributed by atoms with van der Waals surface area (Å²) >= 11 is 0. The van der Waals surface area contributed by atoms with Gasteiger partial charge in [-0.05, 0) is 31.6 Å². The van der Waals surface area contributed by atoms with Gasteiger partial charge in [0.1, 0.15) is 0 Å². The molecule has 0 atom stereocenters. The van der Waals surface area contributed by atoms with Crippen molar-refractivity contribution >= 4 is 0 Å². The largest absolute Gasteiger partial charge is 0.472 e. The zero-order valence-corrected chi connectivity index (χ0v) is 5.55. The summed E-state index contributed by atoms with van der Waals surface area (Å²) in [6.45, 7) is 1.01. The van der Waals surface area contributed by atoms with Gasteiger partial charge in [0.2, 0.25) is 0 Å². The number of rotatable bonds is 3. The van der Waals surface area contributed by atoms with E-state index in [1.807, 2.05) is 13.1 Å². The first-order valence-electron chi connectivity index (χ1n) is 3.09. The number of furan rings is 1. The van der Waals surface area contributed by atoms with Crippen LogP contribution in [0.1, 0.15) is 5.56 Å². The second kappa shape index (κ2) is 3.30.